The first kappa shape index (κ1) is 23.1. The molecule has 0 saturated carbocycles. The molecule has 0 rings (SSSR count). The Balaban J connectivity index is 0. The van der Waals surface area contributed by atoms with Gasteiger partial charge < -0.3 is 23.7 Å². The van der Waals surface area contributed by atoms with Gasteiger partial charge in [-0.15, -0.1) is 0 Å². The fraction of sp³-hybridized carbons (Fsp3) is 1.00. The Morgan fingerprint density at radius 3 is 1.43 bits per heavy atom. The maximum absolute atomic E-state index is 5.26. The highest BCUT2D eigenvalue weighted by Crippen LogP contribution is 1.88. The van der Waals surface area contributed by atoms with Crippen molar-refractivity contribution in [2.75, 3.05) is 53.4 Å². The Labute approximate surface area is 131 Å². The predicted molar refractivity (Wildman–Crippen MR) is 86.0 cm³/mol. The largest absolute Gasteiger partial charge is 0.382 e. The Bertz CT molecular complexity index is 174. The van der Waals surface area contributed by atoms with Crippen LogP contribution in [-0.4, -0.2) is 65.6 Å². The van der Waals surface area contributed by atoms with Gasteiger partial charge in [0.1, 0.15) is 0 Å². The van der Waals surface area contributed by atoms with Gasteiger partial charge in [-0.3, -0.25) is 0 Å². The van der Waals surface area contributed by atoms with E-state index in [1.165, 1.54) is 0 Å². The van der Waals surface area contributed by atoms with E-state index in [2.05, 4.69) is 6.92 Å². The Hall–Kier alpha value is -0.200. The number of ether oxygens (including phenoxy) is 5. The molecule has 0 N–H and O–H groups in total. The summed E-state index contributed by atoms with van der Waals surface area (Å²) in [4.78, 5) is 0. The van der Waals surface area contributed by atoms with Gasteiger partial charge in [0.25, 0.3) is 0 Å². The number of hydrogen-bond donors (Lipinski definition) is 0. The van der Waals surface area contributed by atoms with E-state index in [4.69, 9.17) is 23.7 Å². The van der Waals surface area contributed by atoms with Gasteiger partial charge in [0.15, 0.2) is 0 Å². The molecule has 0 fully saturated rings. The van der Waals surface area contributed by atoms with E-state index in [1.807, 2.05) is 27.7 Å². The van der Waals surface area contributed by atoms with Crippen LogP contribution in [0.5, 0.6) is 0 Å². The topological polar surface area (TPSA) is 46.2 Å². The second-order valence-electron chi connectivity index (χ2n) is 5.06. The van der Waals surface area contributed by atoms with Gasteiger partial charge in [-0.1, -0.05) is 6.92 Å². The molecule has 0 amide bonds. The molecule has 0 aliphatic heterocycles. The molecule has 0 spiro atoms. The highest BCUT2D eigenvalue weighted by molar-refractivity contribution is 4.37. The van der Waals surface area contributed by atoms with Gasteiger partial charge in [0, 0.05) is 13.7 Å². The molecule has 5 heteroatoms. The molecule has 0 aromatic heterocycles. The Morgan fingerprint density at radius 1 is 0.619 bits per heavy atom. The fourth-order valence-corrected chi connectivity index (χ4v) is 1.18. The summed E-state index contributed by atoms with van der Waals surface area (Å²) in [6.45, 7) is 15.1. The van der Waals surface area contributed by atoms with Crippen LogP contribution in [-0.2, 0) is 23.7 Å². The second kappa shape index (κ2) is 19.8. The third kappa shape index (κ3) is 28.6. The van der Waals surface area contributed by atoms with Gasteiger partial charge in [-0.05, 0) is 34.1 Å². The number of hydrogen-bond acceptors (Lipinski definition) is 5. The minimum Gasteiger partial charge on any atom is -0.382 e. The molecular weight excluding hydrogens is 272 g/mol. The zero-order valence-corrected chi connectivity index (χ0v) is 14.9. The molecule has 0 aromatic rings. The predicted octanol–water partition coefficient (Wildman–Crippen LogP) is 2.91. The normalized spacial score (nSPS) is 10.9. The van der Waals surface area contributed by atoms with Crippen molar-refractivity contribution in [1.82, 2.24) is 0 Å². The van der Waals surface area contributed by atoms with Crippen LogP contribution >= 0.6 is 0 Å². The SMILES string of the molecule is CCCOCCOC(C)C.COCCOCCOC(C)C. The molecule has 0 aliphatic rings. The van der Waals surface area contributed by atoms with Crippen molar-refractivity contribution in [3.63, 3.8) is 0 Å². The van der Waals surface area contributed by atoms with Crippen LogP contribution in [0.3, 0.4) is 0 Å². The van der Waals surface area contributed by atoms with E-state index in [0.29, 0.717) is 38.6 Å². The minimum absolute atomic E-state index is 0.293. The van der Waals surface area contributed by atoms with Crippen LogP contribution in [0.4, 0.5) is 0 Å². The lowest BCUT2D eigenvalue weighted by molar-refractivity contribution is 0.00514. The van der Waals surface area contributed by atoms with E-state index in [9.17, 15) is 0 Å². The van der Waals surface area contributed by atoms with E-state index in [0.717, 1.165) is 26.2 Å². The Kier molecular flexibility index (Phi) is 21.8. The summed E-state index contributed by atoms with van der Waals surface area (Å²) in [5.41, 5.74) is 0. The van der Waals surface area contributed by atoms with E-state index >= 15 is 0 Å². The van der Waals surface area contributed by atoms with Crippen LogP contribution in [0, 0.1) is 0 Å². The molecule has 0 atom stereocenters. The van der Waals surface area contributed by atoms with Crippen molar-refractivity contribution in [3.8, 4) is 0 Å². The van der Waals surface area contributed by atoms with Gasteiger partial charge in [-0.25, -0.2) is 0 Å². The summed E-state index contributed by atoms with van der Waals surface area (Å²) in [7, 11) is 1.66. The van der Waals surface area contributed by atoms with Crippen molar-refractivity contribution in [2.24, 2.45) is 0 Å². The molecule has 0 heterocycles. The van der Waals surface area contributed by atoms with Crippen LogP contribution < -0.4 is 0 Å². The average molecular weight is 308 g/mol. The molecule has 0 aliphatic carbocycles. The van der Waals surface area contributed by atoms with E-state index in [1.54, 1.807) is 7.11 Å². The maximum Gasteiger partial charge on any atom is 0.0703 e. The average Bonchev–Trinajstić information content (AvgIpc) is 2.42. The molecule has 0 aromatic carbocycles. The quantitative estimate of drug-likeness (QED) is 0.490. The highest BCUT2D eigenvalue weighted by Gasteiger charge is 1.92. The first-order chi connectivity index (χ1) is 10.0. The van der Waals surface area contributed by atoms with Crippen LogP contribution in [0.25, 0.3) is 0 Å². The Morgan fingerprint density at radius 2 is 1.05 bits per heavy atom. The summed E-state index contributed by atoms with van der Waals surface area (Å²) in [6, 6.07) is 0. The molecular formula is C16H36O5. The smallest absolute Gasteiger partial charge is 0.0703 e. The number of rotatable bonds is 13. The number of methoxy groups -OCH3 is 1. The summed E-state index contributed by atoms with van der Waals surface area (Å²) in [6.07, 6.45) is 1.70. The molecule has 0 unspecified atom stereocenters. The molecule has 130 valence electrons. The zero-order chi connectivity index (χ0) is 16.3. The van der Waals surface area contributed by atoms with Crippen molar-refractivity contribution in [1.29, 1.82) is 0 Å². The standard InChI is InChI=1S/C8H18O3.C8H18O2/c1-8(2)11-7-6-10-5-4-9-3;1-4-5-9-6-7-10-8(2)3/h8H,4-7H2,1-3H3;8H,4-7H2,1-3H3. The maximum atomic E-state index is 5.26. The lowest BCUT2D eigenvalue weighted by Gasteiger charge is -2.07. The summed E-state index contributed by atoms with van der Waals surface area (Å²) in [5.74, 6) is 0. The summed E-state index contributed by atoms with van der Waals surface area (Å²) in [5, 5.41) is 0. The first-order valence-electron chi connectivity index (χ1n) is 7.92. The van der Waals surface area contributed by atoms with Gasteiger partial charge >= 0.3 is 0 Å². The van der Waals surface area contributed by atoms with Crippen molar-refractivity contribution >= 4 is 0 Å². The third-order valence-electron chi connectivity index (χ3n) is 2.14. The lowest BCUT2D eigenvalue weighted by atomic mass is 10.5. The minimum atomic E-state index is 0.293. The van der Waals surface area contributed by atoms with Crippen molar-refractivity contribution in [3.05, 3.63) is 0 Å². The zero-order valence-electron chi connectivity index (χ0n) is 14.9. The van der Waals surface area contributed by atoms with Gasteiger partial charge in [0.2, 0.25) is 0 Å². The van der Waals surface area contributed by atoms with E-state index in [-0.39, 0.29) is 0 Å². The fourth-order valence-electron chi connectivity index (χ4n) is 1.18. The van der Waals surface area contributed by atoms with E-state index < -0.39 is 0 Å². The molecule has 5 nitrogen and oxygen atoms in total. The third-order valence-corrected chi connectivity index (χ3v) is 2.14. The highest BCUT2D eigenvalue weighted by atomic mass is 16.5. The van der Waals surface area contributed by atoms with Crippen molar-refractivity contribution < 1.29 is 23.7 Å². The monoisotopic (exact) mass is 308 g/mol. The van der Waals surface area contributed by atoms with Crippen molar-refractivity contribution in [2.45, 2.75) is 53.2 Å². The first-order valence-corrected chi connectivity index (χ1v) is 7.92. The molecule has 0 saturated heterocycles. The van der Waals surface area contributed by atoms with Gasteiger partial charge in [0.05, 0.1) is 51.8 Å². The van der Waals surface area contributed by atoms with Crippen LogP contribution in [0.1, 0.15) is 41.0 Å². The van der Waals surface area contributed by atoms with Crippen LogP contribution in [0.2, 0.25) is 0 Å². The molecule has 0 radical (unpaired) electrons. The second-order valence-corrected chi connectivity index (χ2v) is 5.06. The van der Waals surface area contributed by atoms with Gasteiger partial charge in [-0.2, -0.15) is 0 Å². The molecule has 21 heavy (non-hydrogen) atoms. The summed E-state index contributed by atoms with van der Waals surface area (Å²) < 4.78 is 25.7. The molecule has 0 bridgehead atoms. The summed E-state index contributed by atoms with van der Waals surface area (Å²) >= 11 is 0. The van der Waals surface area contributed by atoms with Crippen LogP contribution in [0.15, 0.2) is 0 Å². The lowest BCUT2D eigenvalue weighted by Crippen LogP contribution is -2.11.